The molecule has 2 rings (SSSR count). The highest BCUT2D eigenvalue weighted by Crippen LogP contribution is 2.25. The van der Waals surface area contributed by atoms with Crippen molar-refractivity contribution < 1.29 is 14.3 Å². The van der Waals surface area contributed by atoms with Gasteiger partial charge in [0.1, 0.15) is 6.61 Å². The van der Waals surface area contributed by atoms with Gasteiger partial charge in [0, 0.05) is 0 Å². The molecule has 1 amide bonds. The number of rotatable bonds is 7. The van der Waals surface area contributed by atoms with Crippen LogP contribution >= 0.6 is 0 Å². The fourth-order valence-corrected chi connectivity index (χ4v) is 2.40. The minimum atomic E-state index is -1.55. The van der Waals surface area contributed by atoms with E-state index in [2.05, 4.69) is 15.2 Å². The van der Waals surface area contributed by atoms with E-state index in [4.69, 9.17) is 16.3 Å². The molecule has 1 heterocycles. The van der Waals surface area contributed by atoms with Crippen molar-refractivity contribution in [3.05, 3.63) is 47.5 Å². The van der Waals surface area contributed by atoms with E-state index >= 15 is 0 Å². The van der Waals surface area contributed by atoms with Crippen molar-refractivity contribution in [2.75, 3.05) is 0 Å². The van der Waals surface area contributed by atoms with Crippen LogP contribution in [0.1, 0.15) is 42.3 Å². The van der Waals surface area contributed by atoms with Gasteiger partial charge in [0.25, 0.3) is 0 Å². The molecule has 25 heavy (non-hydrogen) atoms. The van der Waals surface area contributed by atoms with Crippen LogP contribution in [0.2, 0.25) is 0 Å². The molecule has 134 valence electrons. The summed E-state index contributed by atoms with van der Waals surface area (Å²) in [5.41, 5.74) is 7.52. The summed E-state index contributed by atoms with van der Waals surface area (Å²) in [7, 11) is 0. The zero-order valence-corrected chi connectivity index (χ0v) is 14.2. The predicted molar refractivity (Wildman–Crippen MR) is 89.6 cm³/mol. The number of esters is 1. The Morgan fingerprint density at radius 2 is 2.00 bits per heavy atom. The van der Waals surface area contributed by atoms with Crippen LogP contribution in [0.5, 0.6) is 0 Å². The van der Waals surface area contributed by atoms with Gasteiger partial charge in [0.05, 0.1) is 0 Å². The second kappa shape index (κ2) is 7.86. The average molecular weight is 346 g/mol. The topological polar surface area (TPSA) is 149 Å². The second-order valence-electron chi connectivity index (χ2n) is 6.11. The number of aromatic amines is 1. The number of nitrogens with zero attached hydrogens (tertiary/aromatic N) is 2. The van der Waals surface area contributed by atoms with Gasteiger partial charge in [-0.2, -0.15) is 0 Å². The van der Waals surface area contributed by atoms with Crippen LogP contribution in [0.3, 0.4) is 0 Å². The van der Waals surface area contributed by atoms with Crippen molar-refractivity contribution in [1.29, 1.82) is 0 Å². The van der Waals surface area contributed by atoms with Crippen LogP contribution in [0, 0.1) is 5.92 Å². The van der Waals surface area contributed by atoms with Crippen molar-refractivity contribution in [2.24, 2.45) is 17.5 Å². The summed E-state index contributed by atoms with van der Waals surface area (Å²) in [6, 6.07) is 9.25. The molecule has 0 saturated carbocycles. The zero-order valence-electron chi connectivity index (χ0n) is 14.2. The Hall–Kier alpha value is -2.78. The summed E-state index contributed by atoms with van der Waals surface area (Å²) in [6.45, 7) is 3.91. The molecular weight excluding hydrogens is 324 g/mol. The summed E-state index contributed by atoms with van der Waals surface area (Å²) in [5.74, 6) is 3.65. The summed E-state index contributed by atoms with van der Waals surface area (Å²) < 4.78 is 5.37. The Kier molecular flexibility index (Phi) is 5.84. The lowest BCUT2D eigenvalue weighted by Gasteiger charge is -2.26. The summed E-state index contributed by atoms with van der Waals surface area (Å²) in [4.78, 5) is 28.2. The lowest BCUT2D eigenvalue weighted by molar-refractivity contribution is -0.153. The summed E-state index contributed by atoms with van der Waals surface area (Å²) in [5, 5.41) is 6.29. The fourth-order valence-electron chi connectivity index (χ4n) is 2.40. The molecule has 0 aliphatic heterocycles. The van der Waals surface area contributed by atoms with Crippen LogP contribution in [0.15, 0.2) is 30.3 Å². The highest BCUT2D eigenvalue weighted by Gasteiger charge is 2.42. The molecule has 0 bridgehead atoms. The molecule has 1 atom stereocenters. The van der Waals surface area contributed by atoms with Gasteiger partial charge in [-0.25, -0.2) is 15.6 Å². The largest absolute Gasteiger partial charge is 0.459 e. The molecule has 0 unspecified atom stereocenters. The molecular formula is C16H22N6O3. The van der Waals surface area contributed by atoms with Gasteiger partial charge in [-0.3, -0.25) is 15.3 Å². The van der Waals surface area contributed by atoms with E-state index in [-0.39, 0.29) is 30.6 Å². The minimum absolute atomic E-state index is 0.0536. The molecule has 0 radical (unpaired) electrons. The normalized spacial score (nSPS) is 13.3. The molecule has 0 aliphatic rings. The van der Waals surface area contributed by atoms with Gasteiger partial charge < -0.3 is 10.5 Å². The van der Waals surface area contributed by atoms with Crippen LogP contribution in [-0.4, -0.2) is 27.1 Å². The zero-order chi connectivity index (χ0) is 18.4. The number of aromatic nitrogens is 3. The predicted octanol–water partition coefficient (Wildman–Crippen LogP) is 0.352. The van der Waals surface area contributed by atoms with E-state index in [1.807, 2.05) is 49.6 Å². The van der Waals surface area contributed by atoms with Crippen LogP contribution in [0.25, 0.3) is 0 Å². The van der Waals surface area contributed by atoms with Gasteiger partial charge in [-0.05, 0) is 17.9 Å². The molecule has 0 fully saturated rings. The van der Waals surface area contributed by atoms with Gasteiger partial charge >= 0.3 is 11.9 Å². The Morgan fingerprint density at radius 1 is 1.32 bits per heavy atom. The average Bonchev–Trinajstić information content (AvgIpc) is 3.10. The SMILES string of the molecule is CC(C)C[C@@](N)(C(=O)OCc1ccccc1)c1nc(C(=O)NN)n[nH]1. The smallest absolute Gasteiger partial charge is 0.334 e. The van der Waals surface area contributed by atoms with Gasteiger partial charge in [-0.1, -0.05) is 44.2 Å². The first-order chi connectivity index (χ1) is 11.9. The molecule has 9 nitrogen and oxygen atoms in total. The second-order valence-corrected chi connectivity index (χ2v) is 6.11. The van der Waals surface area contributed by atoms with Crippen LogP contribution in [-0.2, 0) is 21.7 Å². The third kappa shape index (κ3) is 4.40. The van der Waals surface area contributed by atoms with Gasteiger partial charge in [0.15, 0.2) is 11.4 Å². The number of amides is 1. The first kappa shape index (κ1) is 18.6. The van der Waals surface area contributed by atoms with Gasteiger partial charge in [-0.15, -0.1) is 5.10 Å². The first-order valence-electron chi connectivity index (χ1n) is 7.80. The lowest BCUT2D eigenvalue weighted by Crippen LogP contribution is -2.48. The molecule has 0 spiro atoms. The highest BCUT2D eigenvalue weighted by molar-refractivity contribution is 5.90. The molecule has 1 aromatic carbocycles. The van der Waals surface area contributed by atoms with Gasteiger partial charge in [0.2, 0.25) is 5.82 Å². The van der Waals surface area contributed by atoms with E-state index in [1.165, 1.54) is 0 Å². The minimum Gasteiger partial charge on any atom is -0.459 e. The van der Waals surface area contributed by atoms with E-state index in [9.17, 15) is 9.59 Å². The fraction of sp³-hybridized carbons (Fsp3) is 0.375. The van der Waals surface area contributed by atoms with Crippen molar-refractivity contribution in [1.82, 2.24) is 20.6 Å². The maximum Gasteiger partial charge on any atom is 0.334 e. The van der Waals surface area contributed by atoms with Crippen molar-refractivity contribution in [3.8, 4) is 0 Å². The molecule has 9 heteroatoms. The number of carbonyl (C=O) groups excluding carboxylic acids is 2. The van der Waals surface area contributed by atoms with E-state index in [0.717, 1.165) is 5.56 Å². The number of nitrogens with one attached hydrogen (secondary N) is 2. The standard InChI is InChI=1S/C16H22N6O3/c1-10(2)8-16(17,14-19-12(21-22-14)13(23)20-18)15(24)25-9-11-6-4-3-5-7-11/h3-7,10H,8-9,17-18H2,1-2H3,(H,20,23)(H,19,21,22)/t16-/m0/s1. The number of benzene rings is 1. The van der Waals surface area contributed by atoms with E-state index in [0.29, 0.717) is 0 Å². The third-order valence-corrected chi connectivity index (χ3v) is 3.55. The lowest BCUT2D eigenvalue weighted by atomic mass is 9.89. The highest BCUT2D eigenvalue weighted by atomic mass is 16.5. The maximum absolute atomic E-state index is 12.7. The first-order valence-corrected chi connectivity index (χ1v) is 7.80. The van der Waals surface area contributed by atoms with Crippen molar-refractivity contribution in [2.45, 2.75) is 32.4 Å². The molecule has 6 N–H and O–H groups in total. The number of hydrogen-bond acceptors (Lipinski definition) is 7. The van der Waals surface area contributed by atoms with E-state index < -0.39 is 17.4 Å². The summed E-state index contributed by atoms with van der Waals surface area (Å²) in [6.07, 6.45) is 0.263. The number of H-pyrrole nitrogens is 1. The molecule has 1 aromatic heterocycles. The Morgan fingerprint density at radius 3 is 2.60 bits per heavy atom. The van der Waals surface area contributed by atoms with E-state index in [1.54, 1.807) is 0 Å². The monoisotopic (exact) mass is 346 g/mol. The molecule has 0 aliphatic carbocycles. The van der Waals surface area contributed by atoms with Crippen molar-refractivity contribution in [3.63, 3.8) is 0 Å². The third-order valence-electron chi connectivity index (χ3n) is 3.55. The maximum atomic E-state index is 12.7. The number of carbonyl (C=O) groups is 2. The molecule has 2 aromatic rings. The van der Waals surface area contributed by atoms with Crippen molar-refractivity contribution >= 4 is 11.9 Å². The van der Waals surface area contributed by atoms with Crippen LogP contribution in [0.4, 0.5) is 0 Å². The Balaban J connectivity index is 2.22. The number of ether oxygens (including phenoxy) is 1. The quantitative estimate of drug-likeness (QED) is 0.244. The Labute approximate surface area is 145 Å². The molecule has 0 saturated heterocycles. The number of nitrogens with two attached hydrogens (primary N) is 2. The number of hydrogen-bond donors (Lipinski definition) is 4. The Bertz CT molecular complexity index is 730. The van der Waals surface area contributed by atoms with Crippen LogP contribution < -0.4 is 17.0 Å². The number of hydrazine groups is 1. The number of nitrogen functional groups attached to an aromatic ring is 1. The summed E-state index contributed by atoms with van der Waals surface area (Å²) >= 11 is 0.